The van der Waals surface area contributed by atoms with Gasteiger partial charge in [0, 0.05) is 131 Å². The molecule has 0 N–H and O–H groups in total. The average Bonchev–Trinajstić information content (AvgIpc) is 2.38. The Balaban J connectivity index is -0.00000000350. The maximum atomic E-state index is 8.85. The summed E-state index contributed by atoms with van der Waals surface area (Å²) in [6.07, 6.45) is 6.85. The molecular weight excluding hydrogens is 635 g/mol. The molecule has 1 unspecified atom stereocenters. The Morgan fingerprint density at radius 3 is 0.760 bits per heavy atom. The second kappa shape index (κ2) is 316. The first kappa shape index (κ1) is 116. The quantitative estimate of drug-likeness (QED) is 0.160. The van der Waals surface area contributed by atoms with Crippen molar-refractivity contribution >= 4 is 21.2 Å². The standard InChI is InChI=1S/C4H10.C3H8.2C2H5.CH3OP.CHO.3CH4.2CH3.4Y/c1-3-4-2;1-3-2;2*1-2;1-3-2;1-2;;;;;;;;;/h3-4H2,1-2H3;3H2,1-2H3;2*1H2,2H3;3H,1H2;1H;3*1H4;2*1H3;;;;/q;;2*-1;;-1;;;;2*-1;;;;. The van der Waals surface area contributed by atoms with Crippen molar-refractivity contribution in [2.75, 3.05) is 0 Å². The van der Waals surface area contributed by atoms with Crippen LogP contribution in [0.4, 0.5) is 0 Å². The van der Waals surface area contributed by atoms with Gasteiger partial charge in [-0.2, -0.15) is 13.8 Å². The van der Waals surface area contributed by atoms with E-state index in [1.165, 1.54) is 19.3 Å². The van der Waals surface area contributed by atoms with E-state index in [9.17, 15) is 0 Å². The van der Waals surface area contributed by atoms with Gasteiger partial charge in [0.2, 0.25) is 0 Å². The first-order valence-corrected chi connectivity index (χ1v) is 6.65. The van der Waals surface area contributed by atoms with Gasteiger partial charge in [0.1, 0.15) is 0 Å². The Morgan fingerprint density at radius 1 is 0.720 bits per heavy atom. The molecule has 0 aromatic carbocycles. The summed E-state index contributed by atoms with van der Waals surface area (Å²) in [4.78, 5) is 7.75. The molecule has 1 atom stereocenters. The molecule has 0 fully saturated rings. The van der Waals surface area contributed by atoms with Gasteiger partial charge < -0.3 is 33.5 Å². The van der Waals surface area contributed by atoms with Crippen LogP contribution in [0.5, 0.6) is 0 Å². The maximum Gasteiger partial charge on any atom is 0.0754 e. The van der Waals surface area contributed by atoms with Crippen molar-refractivity contribution in [3.05, 3.63) is 28.7 Å². The second-order valence-corrected chi connectivity index (χ2v) is 2.14. The van der Waals surface area contributed by atoms with E-state index in [-0.39, 0.29) is 168 Å². The topological polar surface area (TPSA) is 34.1 Å². The summed E-state index contributed by atoms with van der Waals surface area (Å²) in [6.45, 7) is 21.9. The van der Waals surface area contributed by atoms with Crippen LogP contribution in [-0.2, 0) is 140 Å². The molecule has 0 heterocycles. The Bertz CT molecular complexity index is 85.5. The van der Waals surface area contributed by atoms with Gasteiger partial charge in [-0.15, -0.1) is 0 Å². The monoisotopic (exact) mass is 685 g/mol. The Kier molecular flexibility index (Phi) is 1470. The van der Waals surface area contributed by atoms with Crippen molar-refractivity contribution in [2.24, 2.45) is 0 Å². The molecule has 0 aromatic heterocycles. The zero-order valence-corrected chi connectivity index (χ0v) is 28.8. The smallest absolute Gasteiger partial charge is 0.0754 e. The predicted octanol–water partition coefficient (Wildman–Crippen LogP) is 7.87. The van der Waals surface area contributed by atoms with E-state index in [4.69, 9.17) is 9.36 Å². The molecule has 0 aliphatic heterocycles. The first-order valence-electron chi connectivity index (χ1n) is 5.54. The van der Waals surface area contributed by atoms with Crippen LogP contribution in [0.2, 0.25) is 0 Å². The summed E-state index contributed by atoms with van der Waals surface area (Å²) in [5.74, 6) is 0. The van der Waals surface area contributed by atoms with Gasteiger partial charge >= 0.3 is 0 Å². The molecule has 2 nitrogen and oxygen atoms in total. The average molecular weight is 685 g/mol. The van der Waals surface area contributed by atoms with Crippen LogP contribution in [-0.4, -0.2) is 13.1 Å². The molecule has 0 aliphatic rings. The number of hydrogen-bond acceptors (Lipinski definition) is 2. The Morgan fingerprint density at radius 2 is 0.760 bits per heavy atom. The van der Waals surface area contributed by atoms with Gasteiger partial charge in [-0.05, 0) is 6.30 Å². The molecule has 4 radical (unpaired) electrons. The largest absolute Gasteiger partial charge is 0.545 e. The molecule has 0 aliphatic carbocycles. The van der Waals surface area contributed by atoms with E-state index in [1.54, 1.807) is 13.8 Å². The van der Waals surface area contributed by atoms with Crippen LogP contribution in [0, 0.1) is 28.7 Å². The van der Waals surface area contributed by atoms with Crippen LogP contribution >= 0.6 is 8.08 Å². The summed E-state index contributed by atoms with van der Waals surface area (Å²) in [6, 6.07) is 0. The van der Waals surface area contributed by atoms with E-state index in [0.29, 0.717) is 0 Å². The zero-order valence-electron chi connectivity index (χ0n) is 16.4. The van der Waals surface area contributed by atoms with Crippen LogP contribution in [0.25, 0.3) is 0 Å². The SMILES string of the molecule is C.C.C.C=[PH]=O.CCC.CCCC.[CH-]=O.[CH2-]C.[CH2-]C.[CH3-].[CH3-].[Y].[Y].[Y].[Y]. The molecule has 0 saturated heterocycles. The minimum absolute atomic E-state index is 0. The normalized spacial score (nSPS) is 3.36. The van der Waals surface area contributed by atoms with Crippen molar-refractivity contribution in [3.63, 3.8) is 0 Å². The third-order valence-corrected chi connectivity index (χ3v) is 0.500. The van der Waals surface area contributed by atoms with Crippen molar-refractivity contribution in [2.45, 2.75) is 83.1 Å². The first-order chi connectivity index (χ1) is 7.74. The van der Waals surface area contributed by atoms with Crippen molar-refractivity contribution < 1.29 is 140 Å². The molecule has 0 rings (SSSR count). The maximum absolute atomic E-state index is 8.85. The van der Waals surface area contributed by atoms with E-state index in [1.807, 2.05) is 0 Å². The minimum Gasteiger partial charge on any atom is -0.545 e. The number of hydrogen-bond donors (Lipinski definition) is 0. The van der Waals surface area contributed by atoms with E-state index < -0.39 is 8.08 Å². The van der Waals surface area contributed by atoms with Gasteiger partial charge in [-0.1, -0.05) is 69.2 Å². The number of unbranched alkanes of at least 4 members (excludes halogenated alkanes) is 1. The second-order valence-electron chi connectivity index (χ2n) is 1.85. The van der Waals surface area contributed by atoms with Gasteiger partial charge in [0.15, 0.2) is 0 Å². The summed E-state index contributed by atoms with van der Waals surface area (Å²) in [7, 11) is -0.417. The number of rotatable bonds is 1. The molecule has 0 amide bonds. The Labute approximate surface area is 268 Å². The molecule has 0 saturated carbocycles. The fourth-order valence-corrected chi connectivity index (χ4v) is 0. The Hall–Kier alpha value is 4.06. The molecule has 0 aromatic rings. The van der Waals surface area contributed by atoms with E-state index in [0.717, 1.165) is 0 Å². The fraction of sp³-hybridized carbons (Fsp3) is 0.667. The molecule has 25 heavy (non-hydrogen) atoms. The fourth-order valence-electron chi connectivity index (χ4n) is 0. The van der Waals surface area contributed by atoms with Crippen LogP contribution in [0.1, 0.15) is 83.1 Å². The van der Waals surface area contributed by atoms with Crippen LogP contribution in [0.3, 0.4) is 0 Å². The third kappa shape index (κ3) is 745. The van der Waals surface area contributed by atoms with Gasteiger partial charge in [0.25, 0.3) is 0 Å². The van der Waals surface area contributed by atoms with E-state index >= 15 is 0 Å². The predicted molar refractivity (Wildman–Crippen MR) is 115 cm³/mol. The molecular formula is C18H50O2PY4-5. The van der Waals surface area contributed by atoms with Crippen molar-refractivity contribution in [3.8, 4) is 0 Å². The van der Waals surface area contributed by atoms with Crippen LogP contribution in [0.15, 0.2) is 0 Å². The summed E-state index contributed by atoms with van der Waals surface area (Å²) in [5.41, 5.74) is 0. The summed E-state index contributed by atoms with van der Waals surface area (Å²) < 4.78 is 8.85. The zero-order chi connectivity index (χ0) is 14.8. The van der Waals surface area contributed by atoms with Crippen molar-refractivity contribution in [1.82, 2.24) is 0 Å². The minimum atomic E-state index is -0.417. The van der Waals surface area contributed by atoms with Crippen molar-refractivity contribution in [1.29, 1.82) is 0 Å². The number of carbonyl (C=O) groups excluding carboxylic acids is 1. The van der Waals surface area contributed by atoms with Crippen LogP contribution < -0.4 is 0 Å². The molecule has 7 heteroatoms. The summed E-state index contributed by atoms with van der Waals surface area (Å²) in [5, 5.41) is 0. The molecule has 0 spiro atoms. The molecule has 156 valence electrons. The van der Waals surface area contributed by atoms with Gasteiger partial charge in [-0.3, -0.25) is 11.4 Å². The van der Waals surface area contributed by atoms with E-state index in [2.05, 4.69) is 54.6 Å². The van der Waals surface area contributed by atoms with Gasteiger partial charge in [0.05, 0.1) is 8.08 Å². The van der Waals surface area contributed by atoms with Gasteiger partial charge in [-0.25, -0.2) is 0 Å². The summed E-state index contributed by atoms with van der Waals surface area (Å²) >= 11 is 0. The molecule has 0 bridgehead atoms. The third-order valence-electron chi connectivity index (χ3n) is 0.500.